The summed E-state index contributed by atoms with van der Waals surface area (Å²) in [6.45, 7) is 15.7. The summed E-state index contributed by atoms with van der Waals surface area (Å²) in [6.07, 6.45) is 4.24. The fourth-order valence-electron chi connectivity index (χ4n) is 10.0. The molecular weight excluding hydrogens is 776 g/mol. The van der Waals surface area contributed by atoms with Gasteiger partial charge in [-0.05, 0) is 56.8 Å². The third-order valence-corrected chi connectivity index (χ3v) is 13.9. The van der Waals surface area contributed by atoms with E-state index in [-0.39, 0.29) is 55.8 Å². The zero-order valence-electron chi connectivity index (χ0n) is 37.2. The normalized spacial score (nSPS) is 48.2. The van der Waals surface area contributed by atoms with E-state index >= 15 is 0 Å². The maximum Gasteiger partial charge on any atom is 0.316 e. The van der Waals surface area contributed by atoms with Crippen LogP contribution >= 0.6 is 0 Å². The Morgan fingerprint density at radius 2 is 1.57 bits per heavy atom. The molecule has 0 saturated carbocycles. The van der Waals surface area contributed by atoms with Gasteiger partial charge in [0.05, 0.1) is 55.4 Å². The van der Waals surface area contributed by atoms with Gasteiger partial charge in [0.1, 0.15) is 29.8 Å². The lowest BCUT2D eigenvalue weighted by Gasteiger charge is -2.52. The predicted octanol–water partition coefficient (Wildman–Crippen LogP) is 4.80. The number of hydrogen-bond donors (Lipinski definition) is 4. The number of carbonyl (C=O) groups excluding carboxylic acids is 1. The molecule has 5 aliphatic heterocycles. The standard InChI is InChI=1S/C46H72O14/c1-24(2)42-29(7)35(48)21-45(60-42)20-32-17-31(59-45)15-14-26(4)43(25(3)12-11-13-28(6)46(51)22-34(47)27(5)16-33(46)44(50)56-32)58-39-18-36(52-9)38(23-54-39)57-40-19-37(53-10)41(49)30(8)55-40/h11-14,16,24-25,29-43,47-49,51H,15,17-23H2,1-10H3/b12-11+,26-14+,28-13+/t25-,29-,30?,31+,32+,33+,34-,35-,36?,37?,38?,39?,40?,41?,42+,43-,45-,46+/m0/s1. The summed E-state index contributed by atoms with van der Waals surface area (Å²) in [4.78, 5) is 14.2. The molecule has 0 aromatic heterocycles. The lowest BCUT2D eigenvalue weighted by Crippen LogP contribution is -2.59. The molecule has 5 heterocycles. The zero-order chi connectivity index (χ0) is 43.7. The number of carbonyl (C=O) groups is 1. The van der Waals surface area contributed by atoms with Gasteiger partial charge in [0.25, 0.3) is 0 Å². The van der Waals surface area contributed by atoms with Crippen molar-refractivity contribution in [2.75, 3.05) is 20.8 Å². The molecule has 4 fully saturated rings. The highest BCUT2D eigenvalue weighted by Crippen LogP contribution is 2.46. The summed E-state index contributed by atoms with van der Waals surface area (Å²) in [5.41, 5.74) is 0.333. The highest BCUT2D eigenvalue weighted by Gasteiger charge is 2.54. The Morgan fingerprint density at radius 3 is 2.27 bits per heavy atom. The number of aliphatic hydroxyl groups is 4. The van der Waals surface area contributed by atoms with E-state index in [0.717, 1.165) is 5.57 Å². The van der Waals surface area contributed by atoms with Crippen LogP contribution in [-0.4, -0.2) is 138 Å². The topological polar surface area (TPSA) is 181 Å². The van der Waals surface area contributed by atoms with Crippen molar-refractivity contribution in [3.8, 4) is 0 Å². The second-order valence-corrected chi connectivity index (χ2v) is 18.7. The zero-order valence-corrected chi connectivity index (χ0v) is 37.2. The van der Waals surface area contributed by atoms with Gasteiger partial charge in [-0.25, -0.2) is 0 Å². The third kappa shape index (κ3) is 10.5. The van der Waals surface area contributed by atoms with Gasteiger partial charge in [0.15, 0.2) is 18.4 Å². The molecule has 6 rings (SSSR count). The minimum atomic E-state index is -1.71. The summed E-state index contributed by atoms with van der Waals surface area (Å²) in [5.74, 6) is -3.03. The van der Waals surface area contributed by atoms with Crippen molar-refractivity contribution >= 4 is 5.97 Å². The van der Waals surface area contributed by atoms with E-state index in [4.69, 9.17) is 42.6 Å². The van der Waals surface area contributed by atoms with Gasteiger partial charge in [0, 0.05) is 64.6 Å². The summed E-state index contributed by atoms with van der Waals surface area (Å²) < 4.78 is 56.7. The number of fused-ring (bicyclic) bond motifs is 3. The number of rotatable bonds is 7. The quantitative estimate of drug-likeness (QED) is 0.203. The first-order valence-corrected chi connectivity index (χ1v) is 22.0. The Balaban J connectivity index is 1.28. The average molecular weight is 849 g/mol. The molecule has 0 amide bonds. The monoisotopic (exact) mass is 848 g/mol. The first-order valence-electron chi connectivity index (χ1n) is 22.0. The van der Waals surface area contributed by atoms with Crippen molar-refractivity contribution in [3.05, 3.63) is 47.1 Å². The van der Waals surface area contributed by atoms with E-state index in [9.17, 15) is 25.2 Å². The Kier molecular flexibility index (Phi) is 15.6. The number of esters is 1. The second kappa shape index (κ2) is 19.8. The number of aliphatic hydroxyl groups excluding tert-OH is 3. The smallest absolute Gasteiger partial charge is 0.316 e. The fraction of sp³-hybridized carbons (Fsp3) is 0.804. The van der Waals surface area contributed by atoms with Crippen molar-refractivity contribution in [1.29, 1.82) is 0 Å². The molecule has 1 aliphatic carbocycles. The molecule has 14 nitrogen and oxygen atoms in total. The van der Waals surface area contributed by atoms with Crippen LogP contribution in [0.3, 0.4) is 0 Å². The molecule has 7 unspecified atom stereocenters. The first kappa shape index (κ1) is 47.4. The van der Waals surface area contributed by atoms with Gasteiger partial charge >= 0.3 is 5.97 Å². The Labute approximate surface area is 356 Å². The highest BCUT2D eigenvalue weighted by atomic mass is 16.7. The molecule has 1 spiro atoms. The van der Waals surface area contributed by atoms with E-state index in [1.54, 1.807) is 47.1 Å². The second-order valence-electron chi connectivity index (χ2n) is 18.7. The van der Waals surface area contributed by atoms with Gasteiger partial charge in [-0.1, -0.05) is 58.1 Å². The maximum atomic E-state index is 14.2. The van der Waals surface area contributed by atoms with Crippen LogP contribution in [0.4, 0.5) is 0 Å². The molecule has 14 heteroatoms. The van der Waals surface area contributed by atoms with Crippen LogP contribution in [-0.2, 0) is 47.4 Å². The van der Waals surface area contributed by atoms with Crippen LogP contribution in [0, 0.1) is 23.7 Å². The minimum absolute atomic E-state index is 0.0663. The van der Waals surface area contributed by atoms with Crippen LogP contribution in [0.25, 0.3) is 0 Å². The lowest BCUT2D eigenvalue weighted by molar-refractivity contribution is -0.353. The van der Waals surface area contributed by atoms with Gasteiger partial charge in [0.2, 0.25) is 0 Å². The van der Waals surface area contributed by atoms with Crippen molar-refractivity contribution < 1.29 is 67.9 Å². The van der Waals surface area contributed by atoms with Crippen molar-refractivity contribution in [1.82, 2.24) is 0 Å². The van der Waals surface area contributed by atoms with Crippen molar-refractivity contribution in [2.24, 2.45) is 23.7 Å². The van der Waals surface area contributed by atoms with Gasteiger partial charge < -0.3 is 63.1 Å². The van der Waals surface area contributed by atoms with Gasteiger partial charge in [-0.15, -0.1) is 0 Å². The van der Waals surface area contributed by atoms with Crippen molar-refractivity contribution in [3.63, 3.8) is 0 Å². The fourth-order valence-corrected chi connectivity index (χ4v) is 10.0. The Hall–Kier alpha value is -2.05. The van der Waals surface area contributed by atoms with E-state index in [1.807, 2.05) is 32.9 Å². The summed E-state index contributed by atoms with van der Waals surface area (Å²) >= 11 is 0. The van der Waals surface area contributed by atoms with Crippen LogP contribution in [0.5, 0.6) is 0 Å². The number of methoxy groups -OCH3 is 2. The SMILES string of the molecule is COC1CC(O[C@@H]2/C(C)=C/C[C@@H]3C[C@H](C[C@]4(C[C@H](O)[C@H](C)[C@@H](C(C)C)O4)O3)OC(=O)[C@H]3C=C(C)[C@@H](O)C[C@@]3(O)/C(C)=C/C=C/[C@@H]2C)OCC1OC1CC(OC)C(O)C(C)O1. The van der Waals surface area contributed by atoms with Crippen LogP contribution in [0.1, 0.15) is 100 Å². The van der Waals surface area contributed by atoms with Gasteiger partial charge in [-0.3, -0.25) is 4.79 Å². The third-order valence-electron chi connectivity index (χ3n) is 13.9. The van der Waals surface area contributed by atoms with Crippen LogP contribution < -0.4 is 0 Å². The van der Waals surface area contributed by atoms with E-state index in [0.29, 0.717) is 36.8 Å². The molecule has 340 valence electrons. The Morgan fingerprint density at radius 1 is 0.850 bits per heavy atom. The molecule has 4 N–H and O–H groups in total. The van der Waals surface area contributed by atoms with Crippen LogP contribution in [0.2, 0.25) is 0 Å². The average Bonchev–Trinajstić information content (AvgIpc) is 3.19. The number of ether oxygens (including phenoxy) is 9. The highest BCUT2D eigenvalue weighted by molar-refractivity contribution is 5.78. The molecular formula is C46H72O14. The molecule has 60 heavy (non-hydrogen) atoms. The van der Waals surface area contributed by atoms with Crippen LogP contribution in [0.15, 0.2) is 47.1 Å². The molecule has 0 aromatic carbocycles. The van der Waals surface area contributed by atoms with E-state index in [1.165, 1.54) is 0 Å². The lowest BCUT2D eigenvalue weighted by atomic mass is 9.71. The molecule has 0 radical (unpaired) electrons. The van der Waals surface area contributed by atoms with Gasteiger partial charge in [-0.2, -0.15) is 0 Å². The molecule has 0 aromatic rings. The number of allylic oxidation sites excluding steroid dienone is 2. The number of hydrogen-bond acceptors (Lipinski definition) is 14. The summed E-state index contributed by atoms with van der Waals surface area (Å²) in [5, 5.41) is 45.0. The van der Waals surface area contributed by atoms with E-state index < -0.39 is 90.8 Å². The molecule has 4 saturated heterocycles. The summed E-state index contributed by atoms with van der Waals surface area (Å²) in [6, 6.07) is 0. The van der Waals surface area contributed by atoms with Crippen molar-refractivity contribution in [2.45, 2.75) is 191 Å². The maximum absolute atomic E-state index is 14.2. The molecule has 6 aliphatic rings. The summed E-state index contributed by atoms with van der Waals surface area (Å²) in [7, 11) is 3.20. The Bertz CT molecular complexity index is 1590. The van der Waals surface area contributed by atoms with E-state index in [2.05, 4.69) is 19.9 Å². The molecule has 18 atom stereocenters. The first-order chi connectivity index (χ1) is 28.4. The predicted molar refractivity (Wildman–Crippen MR) is 220 cm³/mol. The largest absolute Gasteiger partial charge is 0.462 e. The minimum Gasteiger partial charge on any atom is -0.462 e. The molecule has 2 bridgehead atoms.